The molecular formula is C24H25F3N6O4. The molecule has 10 nitrogen and oxygen atoms in total. The fraction of sp³-hybridized carbons (Fsp3) is 0.417. The first-order valence-electron chi connectivity index (χ1n) is 11.9. The molecule has 2 aromatic rings. The molecule has 3 aliphatic rings. The quantitative estimate of drug-likeness (QED) is 0.438. The van der Waals surface area contributed by atoms with Gasteiger partial charge in [0.25, 0.3) is 6.02 Å². The van der Waals surface area contributed by atoms with Crippen molar-refractivity contribution < 1.29 is 27.6 Å². The molecule has 0 spiro atoms. The number of aromatic nitrogens is 1. The molecule has 1 aromatic heterocycles. The highest BCUT2D eigenvalue weighted by atomic mass is 19.4. The maximum Gasteiger partial charge on any atom is 0.573 e. The van der Waals surface area contributed by atoms with E-state index in [9.17, 15) is 23.3 Å². The Hall–Kier alpha value is -3.87. The number of halogens is 3. The summed E-state index contributed by atoms with van der Waals surface area (Å²) in [6.45, 7) is 2.55. The average molecular weight is 518 g/mol. The van der Waals surface area contributed by atoms with E-state index in [2.05, 4.69) is 24.9 Å². The highest BCUT2D eigenvalue weighted by Crippen LogP contribution is 2.32. The van der Waals surface area contributed by atoms with Crippen molar-refractivity contribution >= 4 is 11.8 Å². The van der Waals surface area contributed by atoms with Gasteiger partial charge in [0.15, 0.2) is 0 Å². The fourth-order valence-corrected chi connectivity index (χ4v) is 4.65. The van der Waals surface area contributed by atoms with Gasteiger partial charge < -0.3 is 14.4 Å². The van der Waals surface area contributed by atoms with E-state index in [0.717, 1.165) is 42.9 Å². The zero-order valence-electron chi connectivity index (χ0n) is 19.7. The Labute approximate surface area is 210 Å². The molecule has 2 atom stereocenters. The van der Waals surface area contributed by atoms with Crippen molar-refractivity contribution in [3.05, 3.63) is 76.1 Å². The molecule has 1 unspecified atom stereocenters. The van der Waals surface area contributed by atoms with Crippen LogP contribution in [-0.2, 0) is 11.3 Å². The monoisotopic (exact) mass is 518 g/mol. The number of amidine groups is 1. The second-order valence-corrected chi connectivity index (χ2v) is 8.97. The minimum atomic E-state index is -4.69. The van der Waals surface area contributed by atoms with E-state index in [0.29, 0.717) is 13.1 Å². The van der Waals surface area contributed by atoms with Crippen LogP contribution >= 0.6 is 0 Å². The number of benzene rings is 1. The van der Waals surface area contributed by atoms with Crippen molar-refractivity contribution in [2.75, 3.05) is 24.5 Å². The molecule has 4 heterocycles. The van der Waals surface area contributed by atoms with Crippen LogP contribution < -0.4 is 15.0 Å². The highest BCUT2D eigenvalue weighted by Gasteiger charge is 2.35. The molecule has 196 valence electrons. The third-order valence-electron chi connectivity index (χ3n) is 6.56. The van der Waals surface area contributed by atoms with Crippen molar-refractivity contribution in [1.29, 1.82) is 0 Å². The van der Waals surface area contributed by atoms with Crippen molar-refractivity contribution in [3.63, 3.8) is 0 Å². The van der Waals surface area contributed by atoms with Crippen LogP contribution in [0.4, 0.5) is 19.0 Å². The smallest absolute Gasteiger partial charge is 0.406 e. The van der Waals surface area contributed by atoms with Gasteiger partial charge in [-0.15, -0.1) is 13.2 Å². The minimum absolute atomic E-state index is 0.160. The number of anilines is 1. The summed E-state index contributed by atoms with van der Waals surface area (Å²) in [5.41, 5.74) is 1.99. The number of alkyl halides is 3. The summed E-state index contributed by atoms with van der Waals surface area (Å²) in [6.07, 6.45) is 0.501. The van der Waals surface area contributed by atoms with Crippen molar-refractivity contribution in [3.8, 4) is 5.75 Å². The standard InChI is InChI=1S/C24H25F3N6O4/c25-24(26,27)37-19-4-2-17(3-5-19)18-7-10-31(11-8-18)20-6-1-16(13-28-20)14-29-21-15-30-23-32(21)12-9-22(36-23)33(34)35/h1-6,9,12-13,18,21-22,29H,7-8,10-11,14-15H2/t21?,22-/m0/s1. The predicted octanol–water partition coefficient (Wildman–Crippen LogP) is 3.60. The van der Waals surface area contributed by atoms with Crippen LogP contribution in [0, 0.1) is 10.1 Å². The molecule has 0 amide bonds. The molecule has 0 radical (unpaired) electrons. The van der Waals surface area contributed by atoms with Crippen LogP contribution in [0.15, 0.2) is 59.9 Å². The summed E-state index contributed by atoms with van der Waals surface area (Å²) in [5.74, 6) is 0.935. The Bertz CT molecular complexity index is 1160. The van der Waals surface area contributed by atoms with E-state index >= 15 is 0 Å². The first-order valence-corrected chi connectivity index (χ1v) is 11.9. The van der Waals surface area contributed by atoms with Crippen LogP contribution in [0.5, 0.6) is 5.75 Å². The number of fused-ring (bicyclic) bond motifs is 1. The van der Waals surface area contributed by atoms with Gasteiger partial charge in [-0.25, -0.2) is 9.98 Å². The molecule has 0 saturated carbocycles. The number of rotatable bonds is 7. The van der Waals surface area contributed by atoms with E-state index in [1.807, 2.05) is 18.3 Å². The lowest BCUT2D eigenvalue weighted by atomic mass is 9.89. The zero-order valence-corrected chi connectivity index (χ0v) is 19.7. The van der Waals surface area contributed by atoms with Crippen molar-refractivity contribution in [2.24, 2.45) is 4.99 Å². The summed E-state index contributed by atoms with van der Waals surface area (Å²) in [6, 6.07) is 10.3. The number of hydrogen-bond acceptors (Lipinski definition) is 9. The van der Waals surface area contributed by atoms with E-state index in [-0.39, 0.29) is 23.9 Å². The maximum absolute atomic E-state index is 12.4. The predicted molar refractivity (Wildman–Crippen MR) is 127 cm³/mol. The lowest BCUT2D eigenvalue weighted by Crippen LogP contribution is -2.46. The molecule has 13 heteroatoms. The van der Waals surface area contributed by atoms with Crippen LogP contribution in [-0.4, -0.2) is 59.2 Å². The second kappa shape index (κ2) is 10.2. The highest BCUT2D eigenvalue weighted by molar-refractivity contribution is 5.78. The molecule has 3 aliphatic heterocycles. The summed E-state index contributed by atoms with van der Waals surface area (Å²) in [5, 5.41) is 14.3. The summed E-state index contributed by atoms with van der Waals surface area (Å²) < 4.78 is 46.3. The molecule has 0 aliphatic carbocycles. The molecule has 5 rings (SSSR count). The Balaban J connectivity index is 1.09. The lowest BCUT2D eigenvalue weighted by molar-refractivity contribution is -0.552. The van der Waals surface area contributed by atoms with Crippen molar-refractivity contribution in [2.45, 2.75) is 44.1 Å². The van der Waals surface area contributed by atoms with Gasteiger partial charge in [-0.1, -0.05) is 18.2 Å². The number of nitro groups is 1. The van der Waals surface area contributed by atoms with Gasteiger partial charge in [0.05, 0.1) is 11.5 Å². The van der Waals surface area contributed by atoms with Gasteiger partial charge in [-0.3, -0.25) is 20.3 Å². The second-order valence-electron chi connectivity index (χ2n) is 8.97. The fourth-order valence-electron chi connectivity index (χ4n) is 4.65. The number of ether oxygens (including phenoxy) is 2. The van der Waals surface area contributed by atoms with Crippen LogP contribution in [0.2, 0.25) is 0 Å². The molecule has 37 heavy (non-hydrogen) atoms. The normalized spacial score (nSPS) is 21.9. The Morgan fingerprint density at radius 2 is 1.92 bits per heavy atom. The average Bonchev–Trinajstić information content (AvgIpc) is 3.30. The van der Waals surface area contributed by atoms with E-state index in [1.54, 1.807) is 23.2 Å². The van der Waals surface area contributed by atoms with Gasteiger partial charge in [-0.05, 0) is 48.1 Å². The Morgan fingerprint density at radius 3 is 2.57 bits per heavy atom. The Kier molecular flexibility index (Phi) is 6.87. The molecule has 0 bridgehead atoms. The van der Waals surface area contributed by atoms with Crippen molar-refractivity contribution in [1.82, 2.24) is 15.2 Å². The first kappa shape index (κ1) is 24.8. The Morgan fingerprint density at radius 1 is 1.16 bits per heavy atom. The van der Waals surface area contributed by atoms with Gasteiger partial charge >= 0.3 is 12.6 Å². The molecule has 1 aromatic carbocycles. The van der Waals surface area contributed by atoms with E-state index in [1.165, 1.54) is 18.2 Å². The lowest BCUT2D eigenvalue weighted by Gasteiger charge is -2.33. The van der Waals surface area contributed by atoms with Gasteiger partial charge in [0.1, 0.15) is 17.7 Å². The summed E-state index contributed by atoms with van der Waals surface area (Å²) >= 11 is 0. The minimum Gasteiger partial charge on any atom is -0.406 e. The molecule has 1 fully saturated rings. The van der Waals surface area contributed by atoms with Gasteiger partial charge in [0.2, 0.25) is 0 Å². The maximum atomic E-state index is 12.4. The van der Waals surface area contributed by atoms with Crippen LogP contribution in [0.25, 0.3) is 0 Å². The van der Waals surface area contributed by atoms with Crippen LogP contribution in [0.1, 0.15) is 29.9 Å². The summed E-state index contributed by atoms with van der Waals surface area (Å²) in [7, 11) is 0. The molecule has 1 saturated heterocycles. The first-order chi connectivity index (χ1) is 17.7. The van der Waals surface area contributed by atoms with Gasteiger partial charge in [-0.2, -0.15) is 0 Å². The molecule has 1 N–H and O–H groups in total. The number of pyridine rings is 1. The number of aliphatic imine (C=N–C) groups is 1. The third kappa shape index (κ3) is 5.93. The largest absolute Gasteiger partial charge is 0.573 e. The van der Waals surface area contributed by atoms with Gasteiger partial charge in [0, 0.05) is 38.1 Å². The van der Waals surface area contributed by atoms with E-state index in [4.69, 9.17) is 4.74 Å². The number of nitrogens with one attached hydrogen (secondary N) is 1. The third-order valence-corrected chi connectivity index (χ3v) is 6.56. The SMILES string of the molecule is O=[N+]([O-])[C@@H]1C=CN2C(=NCC2NCc2ccc(N3CCC(c4ccc(OC(F)(F)F)cc4)CC3)nc2)O1. The zero-order chi connectivity index (χ0) is 26.0. The van der Waals surface area contributed by atoms with E-state index < -0.39 is 17.5 Å². The molecular weight excluding hydrogens is 493 g/mol. The number of nitrogens with zero attached hydrogens (tertiary/aromatic N) is 5. The number of piperidine rings is 1. The summed E-state index contributed by atoms with van der Waals surface area (Å²) in [4.78, 5) is 23.2. The topological polar surface area (TPSA) is 105 Å². The van der Waals surface area contributed by atoms with Crippen LogP contribution in [0.3, 0.4) is 0 Å². The number of hydrogen-bond donors (Lipinski definition) is 1.